The molecule has 0 atom stereocenters. The predicted molar refractivity (Wildman–Crippen MR) is 92.3 cm³/mol. The molecule has 0 bridgehead atoms. The van der Waals surface area contributed by atoms with Crippen LogP contribution in [0.15, 0.2) is 24.3 Å². The van der Waals surface area contributed by atoms with Crippen LogP contribution in [0.2, 0.25) is 0 Å². The largest absolute Gasteiger partial charge is 0.339 e. The molecule has 122 valence electrons. The van der Waals surface area contributed by atoms with E-state index in [1.807, 2.05) is 11.0 Å². The average Bonchev–Trinajstić information content (AvgIpc) is 2.56. The first kappa shape index (κ1) is 17.4. The number of nitrogens with one attached hydrogen (secondary N) is 1. The fraction of sp³-hybridized carbons (Fsp3) is 0.471. The standard InChI is InChI=1S/C17H21N3O2S/c1-13-6-9-20(10-7-13)17(22)14-2-4-15(5-3-14)19-16(21)12-23-11-8-18/h2-5,13H,6-7,9-12H2,1H3,(H,19,21). The first-order valence-electron chi connectivity index (χ1n) is 7.74. The van der Waals surface area contributed by atoms with Gasteiger partial charge >= 0.3 is 0 Å². The number of likely N-dealkylation sites (tertiary alicyclic amines) is 1. The van der Waals surface area contributed by atoms with E-state index in [0.29, 0.717) is 22.9 Å². The first-order chi connectivity index (χ1) is 11.1. The van der Waals surface area contributed by atoms with Crippen LogP contribution in [-0.2, 0) is 4.79 Å². The molecular formula is C17H21N3O2S. The number of carbonyl (C=O) groups is 2. The van der Waals surface area contributed by atoms with Gasteiger partial charge in [0, 0.05) is 24.3 Å². The predicted octanol–water partition coefficient (Wildman–Crippen LogP) is 2.75. The molecule has 6 heteroatoms. The van der Waals surface area contributed by atoms with Crippen LogP contribution in [0, 0.1) is 17.2 Å². The monoisotopic (exact) mass is 331 g/mol. The van der Waals surface area contributed by atoms with Gasteiger partial charge < -0.3 is 10.2 Å². The Morgan fingerprint density at radius 2 is 1.96 bits per heavy atom. The number of hydrogen-bond acceptors (Lipinski definition) is 4. The van der Waals surface area contributed by atoms with Gasteiger partial charge in [-0.25, -0.2) is 0 Å². The maximum absolute atomic E-state index is 12.4. The van der Waals surface area contributed by atoms with Crippen LogP contribution < -0.4 is 5.32 Å². The minimum atomic E-state index is -0.144. The summed E-state index contributed by atoms with van der Waals surface area (Å²) >= 11 is 1.27. The number of benzene rings is 1. The van der Waals surface area contributed by atoms with E-state index < -0.39 is 0 Å². The number of nitriles is 1. The van der Waals surface area contributed by atoms with Gasteiger partial charge in [-0.3, -0.25) is 9.59 Å². The number of anilines is 1. The van der Waals surface area contributed by atoms with Crippen molar-refractivity contribution in [3.8, 4) is 6.07 Å². The molecule has 1 heterocycles. The van der Waals surface area contributed by atoms with E-state index in [1.54, 1.807) is 24.3 Å². The Morgan fingerprint density at radius 3 is 2.57 bits per heavy atom. The lowest BCUT2D eigenvalue weighted by Gasteiger charge is -2.30. The van der Waals surface area contributed by atoms with E-state index in [1.165, 1.54) is 11.8 Å². The fourth-order valence-corrected chi connectivity index (χ4v) is 2.93. The fourth-order valence-electron chi connectivity index (χ4n) is 2.48. The summed E-state index contributed by atoms with van der Waals surface area (Å²) in [5.41, 5.74) is 1.31. The highest BCUT2D eigenvalue weighted by atomic mass is 32.2. The van der Waals surface area contributed by atoms with Crippen molar-refractivity contribution >= 4 is 29.3 Å². The molecule has 5 nitrogen and oxygen atoms in total. The molecule has 0 saturated carbocycles. The number of nitrogens with zero attached hydrogens (tertiary/aromatic N) is 2. The maximum Gasteiger partial charge on any atom is 0.253 e. The van der Waals surface area contributed by atoms with Crippen LogP contribution in [0.4, 0.5) is 5.69 Å². The van der Waals surface area contributed by atoms with E-state index in [-0.39, 0.29) is 17.6 Å². The van der Waals surface area contributed by atoms with Crippen molar-refractivity contribution in [1.29, 1.82) is 5.26 Å². The number of carbonyl (C=O) groups excluding carboxylic acids is 2. The zero-order valence-corrected chi connectivity index (χ0v) is 14.1. The van der Waals surface area contributed by atoms with E-state index in [9.17, 15) is 9.59 Å². The van der Waals surface area contributed by atoms with Gasteiger partial charge in [0.25, 0.3) is 5.91 Å². The van der Waals surface area contributed by atoms with E-state index >= 15 is 0 Å². The molecule has 0 radical (unpaired) electrons. The minimum Gasteiger partial charge on any atom is -0.339 e. The molecule has 2 rings (SSSR count). The lowest BCUT2D eigenvalue weighted by Crippen LogP contribution is -2.37. The van der Waals surface area contributed by atoms with E-state index in [4.69, 9.17) is 5.26 Å². The van der Waals surface area contributed by atoms with Crippen molar-refractivity contribution in [3.63, 3.8) is 0 Å². The van der Waals surface area contributed by atoms with Gasteiger partial charge in [-0.05, 0) is 43.0 Å². The zero-order valence-electron chi connectivity index (χ0n) is 13.2. The highest BCUT2D eigenvalue weighted by molar-refractivity contribution is 8.00. The SMILES string of the molecule is CC1CCN(C(=O)c2ccc(NC(=O)CSCC#N)cc2)CC1. The molecule has 0 spiro atoms. The Balaban J connectivity index is 1.88. The third-order valence-corrected chi connectivity index (χ3v) is 4.69. The molecule has 1 aromatic carbocycles. The molecule has 0 aromatic heterocycles. The van der Waals surface area contributed by atoms with Crippen molar-refractivity contribution in [3.05, 3.63) is 29.8 Å². The number of hydrogen-bond donors (Lipinski definition) is 1. The van der Waals surface area contributed by atoms with Gasteiger partial charge in [-0.2, -0.15) is 5.26 Å². The molecule has 2 amide bonds. The number of piperidine rings is 1. The van der Waals surface area contributed by atoms with E-state index in [0.717, 1.165) is 25.9 Å². The van der Waals surface area contributed by atoms with Crippen molar-refractivity contribution in [2.45, 2.75) is 19.8 Å². The molecule has 1 aromatic rings. The van der Waals surface area contributed by atoms with Crippen LogP contribution in [0.3, 0.4) is 0 Å². The highest BCUT2D eigenvalue weighted by Gasteiger charge is 2.21. The molecule has 0 unspecified atom stereocenters. The second-order valence-corrected chi connectivity index (χ2v) is 6.74. The highest BCUT2D eigenvalue weighted by Crippen LogP contribution is 2.19. The minimum absolute atomic E-state index is 0.0550. The third-order valence-electron chi connectivity index (χ3n) is 3.89. The Labute approximate surface area is 141 Å². The number of rotatable bonds is 5. The van der Waals surface area contributed by atoms with Crippen molar-refractivity contribution in [2.24, 2.45) is 5.92 Å². The van der Waals surface area contributed by atoms with Gasteiger partial charge in [0.2, 0.25) is 5.91 Å². The summed E-state index contributed by atoms with van der Waals surface area (Å²) in [6.45, 7) is 3.84. The molecule has 23 heavy (non-hydrogen) atoms. The second-order valence-electron chi connectivity index (χ2n) is 5.75. The van der Waals surface area contributed by atoms with Gasteiger partial charge in [0.15, 0.2) is 0 Å². The first-order valence-corrected chi connectivity index (χ1v) is 8.89. The molecular weight excluding hydrogens is 310 g/mol. The second kappa shape index (κ2) is 8.59. The smallest absolute Gasteiger partial charge is 0.253 e. The number of thioether (sulfide) groups is 1. The van der Waals surface area contributed by atoms with Crippen molar-refractivity contribution < 1.29 is 9.59 Å². The summed E-state index contributed by atoms with van der Waals surface area (Å²) in [5, 5.41) is 11.2. The molecule has 0 aliphatic carbocycles. The third kappa shape index (κ3) is 5.29. The van der Waals surface area contributed by atoms with Gasteiger partial charge in [-0.15, -0.1) is 11.8 Å². The van der Waals surface area contributed by atoms with Crippen LogP contribution in [0.1, 0.15) is 30.1 Å². The summed E-state index contributed by atoms with van der Waals surface area (Å²) in [5.74, 6) is 1.15. The topological polar surface area (TPSA) is 73.2 Å². The van der Waals surface area contributed by atoms with E-state index in [2.05, 4.69) is 12.2 Å². The summed E-state index contributed by atoms with van der Waals surface area (Å²) in [7, 11) is 0. The van der Waals surface area contributed by atoms with Crippen LogP contribution in [0.5, 0.6) is 0 Å². The maximum atomic E-state index is 12.4. The quantitative estimate of drug-likeness (QED) is 0.842. The van der Waals surface area contributed by atoms with Gasteiger partial charge in [0.05, 0.1) is 17.6 Å². The molecule has 1 aliphatic rings. The Morgan fingerprint density at radius 1 is 1.30 bits per heavy atom. The van der Waals surface area contributed by atoms with Crippen LogP contribution in [-0.4, -0.2) is 41.3 Å². The Hall–Kier alpha value is -2.00. The molecule has 1 fully saturated rings. The van der Waals surface area contributed by atoms with Crippen LogP contribution >= 0.6 is 11.8 Å². The lowest BCUT2D eigenvalue weighted by molar-refractivity contribution is -0.113. The van der Waals surface area contributed by atoms with Gasteiger partial charge in [0.1, 0.15) is 0 Å². The summed E-state index contributed by atoms with van der Waals surface area (Å²) in [6, 6.07) is 8.96. The Kier molecular flexibility index (Phi) is 6.48. The Bertz CT molecular complexity index is 587. The molecule has 1 saturated heterocycles. The van der Waals surface area contributed by atoms with Crippen molar-refractivity contribution in [2.75, 3.05) is 29.9 Å². The van der Waals surface area contributed by atoms with Crippen molar-refractivity contribution in [1.82, 2.24) is 4.90 Å². The number of amides is 2. The normalized spacial score (nSPS) is 15.0. The summed E-state index contributed by atoms with van der Waals surface area (Å²) in [6.07, 6.45) is 2.11. The van der Waals surface area contributed by atoms with Gasteiger partial charge in [-0.1, -0.05) is 6.92 Å². The zero-order chi connectivity index (χ0) is 16.7. The summed E-state index contributed by atoms with van der Waals surface area (Å²) in [4.78, 5) is 26.0. The lowest BCUT2D eigenvalue weighted by atomic mass is 9.98. The molecule has 1 aliphatic heterocycles. The average molecular weight is 331 g/mol. The summed E-state index contributed by atoms with van der Waals surface area (Å²) < 4.78 is 0. The van der Waals surface area contributed by atoms with Crippen LogP contribution in [0.25, 0.3) is 0 Å². The molecule has 1 N–H and O–H groups in total.